The molecule has 0 spiro atoms. The molecule has 3 nitrogen and oxygen atoms in total. The Morgan fingerprint density at radius 3 is 2.73 bits per heavy atom. The van der Waals surface area contributed by atoms with Gasteiger partial charge in [0.05, 0.1) is 11.4 Å². The molecule has 2 aromatic rings. The molecule has 0 saturated carbocycles. The highest BCUT2D eigenvalue weighted by Gasteiger charge is 2.18. The van der Waals surface area contributed by atoms with Crippen LogP contribution in [0.4, 0.5) is 0 Å². The van der Waals surface area contributed by atoms with Crippen LogP contribution in [0, 0.1) is 0 Å². The third kappa shape index (κ3) is 1.44. The van der Waals surface area contributed by atoms with Crippen molar-refractivity contribution in [2.24, 2.45) is 0 Å². The van der Waals surface area contributed by atoms with Gasteiger partial charge in [-0.25, -0.2) is 0 Å². The number of rotatable bonds is 1. The van der Waals surface area contributed by atoms with Gasteiger partial charge in [0.1, 0.15) is 0 Å². The molecule has 2 N–H and O–H groups in total. The van der Waals surface area contributed by atoms with Crippen molar-refractivity contribution in [2.45, 2.75) is 13.1 Å². The second kappa shape index (κ2) is 3.36. The van der Waals surface area contributed by atoms with Crippen LogP contribution in [-0.2, 0) is 13.1 Å². The van der Waals surface area contributed by atoms with Crippen LogP contribution in [0.1, 0.15) is 11.3 Å². The van der Waals surface area contributed by atoms with Crippen molar-refractivity contribution in [3.63, 3.8) is 0 Å². The Morgan fingerprint density at radius 1 is 1.13 bits per heavy atom. The largest absolute Gasteiger partial charge is 0.307 e. The van der Waals surface area contributed by atoms with Crippen molar-refractivity contribution >= 4 is 11.6 Å². The molecule has 0 unspecified atom stereocenters. The van der Waals surface area contributed by atoms with Gasteiger partial charge in [-0.05, 0) is 12.1 Å². The zero-order chi connectivity index (χ0) is 10.3. The number of H-pyrrole nitrogens is 1. The van der Waals surface area contributed by atoms with E-state index < -0.39 is 0 Å². The maximum Gasteiger partial charge on any atom is 0.0969 e. The first-order valence-electron chi connectivity index (χ1n) is 4.87. The van der Waals surface area contributed by atoms with Gasteiger partial charge in [0.15, 0.2) is 0 Å². The Kier molecular flexibility index (Phi) is 2.01. The van der Waals surface area contributed by atoms with E-state index in [1.807, 2.05) is 24.3 Å². The lowest BCUT2D eigenvalue weighted by atomic mass is 10.1. The Labute approximate surface area is 92.5 Å². The molecule has 0 aliphatic carbocycles. The number of halogens is 1. The molecule has 0 fully saturated rings. The normalized spacial score (nSPS) is 14.2. The van der Waals surface area contributed by atoms with E-state index in [9.17, 15) is 0 Å². The maximum absolute atomic E-state index is 5.85. The van der Waals surface area contributed by atoms with Gasteiger partial charge < -0.3 is 5.32 Å². The van der Waals surface area contributed by atoms with Crippen molar-refractivity contribution in [3.05, 3.63) is 40.5 Å². The first kappa shape index (κ1) is 8.95. The van der Waals surface area contributed by atoms with Gasteiger partial charge in [0, 0.05) is 29.2 Å². The SMILES string of the molecule is Clc1ccc(-c2n[nH]c3c2CNC3)cc1. The smallest absolute Gasteiger partial charge is 0.0969 e. The van der Waals surface area contributed by atoms with Crippen molar-refractivity contribution in [1.29, 1.82) is 0 Å². The molecule has 2 heterocycles. The lowest BCUT2D eigenvalue weighted by Crippen LogP contribution is -2.02. The van der Waals surface area contributed by atoms with E-state index in [1.165, 1.54) is 11.3 Å². The monoisotopic (exact) mass is 219 g/mol. The average molecular weight is 220 g/mol. The average Bonchev–Trinajstić information content (AvgIpc) is 2.80. The first-order chi connectivity index (χ1) is 7.34. The molecular weight excluding hydrogens is 210 g/mol. The number of nitrogens with one attached hydrogen (secondary N) is 2. The minimum Gasteiger partial charge on any atom is -0.307 e. The van der Waals surface area contributed by atoms with E-state index in [0.29, 0.717) is 0 Å². The number of hydrogen-bond acceptors (Lipinski definition) is 2. The van der Waals surface area contributed by atoms with Crippen LogP contribution < -0.4 is 5.32 Å². The summed E-state index contributed by atoms with van der Waals surface area (Å²) in [5, 5.41) is 11.4. The fourth-order valence-electron chi connectivity index (χ4n) is 1.90. The van der Waals surface area contributed by atoms with Gasteiger partial charge in [0.2, 0.25) is 0 Å². The van der Waals surface area contributed by atoms with Crippen LogP contribution in [-0.4, -0.2) is 10.2 Å². The molecule has 0 atom stereocenters. The Bertz CT molecular complexity index is 487. The van der Waals surface area contributed by atoms with E-state index in [-0.39, 0.29) is 0 Å². The van der Waals surface area contributed by atoms with Gasteiger partial charge in [-0.3, -0.25) is 5.10 Å². The Hall–Kier alpha value is -1.32. The second-order valence-corrected chi connectivity index (χ2v) is 4.08. The minimum absolute atomic E-state index is 0.754. The highest BCUT2D eigenvalue weighted by molar-refractivity contribution is 6.30. The lowest BCUT2D eigenvalue weighted by molar-refractivity contribution is 0.743. The van der Waals surface area contributed by atoms with E-state index in [1.54, 1.807) is 0 Å². The third-order valence-corrected chi connectivity index (χ3v) is 2.93. The van der Waals surface area contributed by atoms with Crippen molar-refractivity contribution in [3.8, 4) is 11.3 Å². The number of hydrogen-bond donors (Lipinski definition) is 2. The molecule has 1 aromatic heterocycles. The molecule has 0 radical (unpaired) electrons. The summed E-state index contributed by atoms with van der Waals surface area (Å²) in [5.41, 5.74) is 4.62. The predicted octanol–water partition coefficient (Wildman–Crippen LogP) is 2.33. The molecule has 0 amide bonds. The number of fused-ring (bicyclic) bond motifs is 1. The van der Waals surface area contributed by atoms with Gasteiger partial charge in [-0.15, -0.1) is 0 Å². The topological polar surface area (TPSA) is 40.7 Å². The highest BCUT2D eigenvalue weighted by Crippen LogP contribution is 2.27. The molecule has 0 bridgehead atoms. The second-order valence-electron chi connectivity index (χ2n) is 3.64. The van der Waals surface area contributed by atoms with E-state index in [0.717, 1.165) is 29.4 Å². The van der Waals surface area contributed by atoms with Crippen molar-refractivity contribution in [1.82, 2.24) is 15.5 Å². The van der Waals surface area contributed by atoms with Crippen LogP contribution in [0.25, 0.3) is 11.3 Å². The van der Waals surface area contributed by atoms with Gasteiger partial charge in [0.25, 0.3) is 0 Å². The Morgan fingerprint density at radius 2 is 1.93 bits per heavy atom. The summed E-state index contributed by atoms with van der Waals surface area (Å²) < 4.78 is 0. The molecule has 4 heteroatoms. The van der Waals surface area contributed by atoms with Gasteiger partial charge in [-0.1, -0.05) is 23.7 Å². The van der Waals surface area contributed by atoms with E-state index in [2.05, 4.69) is 15.5 Å². The van der Waals surface area contributed by atoms with Crippen LogP contribution in [0.2, 0.25) is 5.02 Å². The fourth-order valence-corrected chi connectivity index (χ4v) is 2.02. The molecule has 1 aliphatic rings. The van der Waals surface area contributed by atoms with Crippen LogP contribution in [0.3, 0.4) is 0 Å². The Balaban J connectivity index is 2.09. The molecular formula is C11H10ClN3. The van der Waals surface area contributed by atoms with Crippen molar-refractivity contribution < 1.29 is 0 Å². The number of benzene rings is 1. The van der Waals surface area contributed by atoms with E-state index in [4.69, 9.17) is 11.6 Å². The van der Waals surface area contributed by atoms with Crippen molar-refractivity contribution in [2.75, 3.05) is 0 Å². The summed E-state index contributed by atoms with van der Waals surface area (Å²) >= 11 is 5.85. The summed E-state index contributed by atoms with van der Waals surface area (Å²) in [6, 6.07) is 7.77. The number of aromatic amines is 1. The number of aromatic nitrogens is 2. The van der Waals surface area contributed by atoms with Crippen LogP contribution >= 0.6 is 11.6 Å². The standard InChI is InChI=1S/C11H10ClN3/c12-8-3-1-7(2-4-8)11-9-5-13-6-10(9)14-15-11/h1-4,13H,5-6H2,(H,14,15). The molecule has 1 aromatic carbocycles. The van der Waals surface area contributed by atoms with Gasteiger partial charge in [-0.2, -0.15) is 5.10 Å². The third-order valence-electron chi connectivity index (χ3n) is 2.67. The van der Waals surface area contributed by atoms with Gasteiger partial charge >= 0.3 is 0 Å². The summed E-state index contributed by atoms with van der Waals surface area (Å²) in [4.78, 5) is 0. The first-order valence-corrected chi connectivity index (χ1v) is 5.25. The molecule has 15 heavy (non-hydrogen) atoms. The lowest BCUT2D eigenvalue weighted by Gasteiger charge is -1.99. The molecule has 0 saturated heterocycles. The maximum atomic E-state index is 5.85. The summed E-state index contributed by atoms with van der Waals surface area (Å²) in [5.74, 6) is 0. The predicted molar refractivity (Wildman–Crippen MR) is 59.6 cm³/mol. The molecule has 76 valence electrons. The summed E-state index contributed by atoms with van der Waals surface area (Å²) in [6.07, 6.45) is 0. The summed E-state index contributed by atoms with van der Waals surface area (Å²) in [6.45, 7) is 1.78. The minimum atomic E-state index is 0.754. The van der Waals surface area contributed by atoms with Crippen LogP contribution in [0.5, 0.6) is 0 Å². The zero-order valence-electron chi connectivity index (χ0n) is 8.05. The molecule has 3 rings (SSSR count). The summed E-state index contributed by atoms with van der Waals surface area (Å²) in [7, 11) is 0. The zero-order valence-corrected chi connectivity index (χ0v) is 8.80. The number of nitrogens with zero attached hydrogens (tertiary/aromatic N) is 1. The van der Waals surface area contributed by atoms with Crippen LogP contribution in [0.15, 0.2) is 24.3 Å². The van der Waals surface area contributed by atoms with E-state index >= 15 is 0 Å². The molecule has 1 aliphatic heterocycles. The quantitative estimate of drug-likeness (QED) is 0.773. The fraction of sp³-hybridized carbons (Fsp3) is 0.182. The highest BCUT2D eigenvalue weighted by atomic mass is 35.5.